The average molecular weight is 245 g/mol. The maximum Gasteiger partial charge on any atom is 0.144 e. The minimum Gasteiger partial charge on any atom is -0.381 e. The molecule has 1 fully saturated rings. The Morgan fingerprint density at radius 2 is 2.25 bits per heavy atom. The van der Waals surface area contributed by atoms with Crippen molar-refractivity contribution >= 4 is 17.4 Å². The minimum atomic E-state index is -1.21. The maximum atomic E-state index is 14.2. The minimum absolute atomic E-state index is 0.229. The van der Waals surface area contributed by atoms with E-state index in [0.717, 1.165) is 0 Å². The van der Waals surface area contributed by atoms with Gasteiger partial charge in [0.1, 0.15) is 11.5 Å². The Balaban J connectivity index is 1.94. The number of anilines is 1. The second kappa shape index (κ2) is 4.97. The molecule has 16 heavy (non-hydrogen) atoms. The Labute approximate surface area is 99.0 Å². The predicted molar refractivity (Wildman–Crippen MR) is 61.6 cm³/mol. The molecule has 2 rings (SSSR count). The van der Waals surface area contributed by atoms with Crippen molar-refractivity contribution in [3.8, 4) is 0 Å². The number of alkyl halides is 1. The summed E-state index contributed by atoms with van der Waals surface area (Å²) in [5.41, 5.74) is -1.21. The fraction of sp³-hybridized carbons (Fsp3) is 0.545. The lowest BCUT2D eigenvalue weighted by molar-refractivity contribution is -0.00118. The van der Waals surface area contributed by atoms with Crippen LogP contribution < -0.4 is 5.32 Å². The van der Waals surface area contributed by atoms with E-state index in [1.165, 1.54) is 0 Å². The molecule has 0 aromatic carbocycles. The molecule has 1 aromatic heterocycles. The summed E-state index contributed by atoms with van der Waals surface area (Å²) in [6.45, 7) is 1.19. The van der Waals surface area contributed by atoms with E-state index < -0.39 is 5.67 Å². The molecule has 0 aliphatic carbocycles. The third-order valence-corrected chi connectivity index (χ3v) is 3.03. The average Bonchev–Trinajstić information content (AvgIpc) is 2.29. The summed E-state index contributed by atoms with van der Waals surface area (Å²) in [5.74, 6) is 0.535. The zero-order chi connectivity index (χ0) is 11.4. The second-order valence-electron chi connectivity index (χ2n) is 3.95. The van der Waals surface area contributed by atoms with Crippen LogP contribution in [0, 0.1) is 0 Å². The molecule has 88 valence electrons. The fourth-order valence-electron chi connectivity index (χ4n) is 1.67. The molecule has 0 unspecified atom stereocenters. The van der Waals surface area contributed by atoms with Crippen LogP contribution >= 0.6 is 11.6 Å². The van der Waals surface area contributed by atoms with Crippen molar-refractivity contribution in [3.63, 3.8) is 0 Å². The summed E-state index contributed by atoms with van der Waals surface area (Å²) < 4.78 is 19.3. The zero-order valence-electron chi connectivity index (χ0n) is 8.88. The summed E-state index contributed by atoms with van der Waals surface area (Å²) in [6, 6.07) is 3.47. The van der Waals surface area contributed by atoms with Crippen LogP contribution in [0.5, 0.6) is 0 Å². The molecule has 2 heterocycles. The predicted octanol–water partition coefficient (Wildman–Crippen LogP) is 2.67. The monoisotopic (exact) mass is 244 g/mol. The quantitative estimate of drug-likeness (QED) is 0.888. The molecule has 5 heteroatoms. The number of halogens is 2. The van der Waals surface area contributed by atoms with Gasteiger partial charge in [-0.05, 0) is 12.1 Å². The first kappa shape index (κ1) is 11.6. The summed E-state index contributed by atoms with van der Waals surface area (Å²) in [6.07, 6.45) is 2.47. The van der Waals surface area contributed by atoms with Crippen LogP contribution in [0.25, 0.3) is 0 Å². The van der Waals surface area contributed by atoms with Gasteiger partial charge in [0.15, 0.2) is 0 Å². The van der Waals surface area contributed by atoms with Crippen LogP contribution in [0.1, 0.15) is 12.8 Å². The third kappa shape index (κ3) is 2.83. The van der Waals surface area contributed by atoms with Crippen LogP contribution in [0.15, 0.2) is 18.3 Å². The normalized spacial score (nSPS) is 19.4. The van der Waals surface area contributed by atoms with Crippen molar-refractivity contribution in [2.45, 2.75) is 18.5 Å². The van der Waals surface area contributed by atoms with Gasteiger partial charge in [-0.2, -0.15) is 0 Å². The highest BCUT2D eigenvalue weighted by Gasteiger charge is 2.32. The highest BCUT2D eigenvalue weighted by molar-refractivity contribution is 6.32. The molecular formula is C11H14ClFN2O. The van der Waals surface area contributed by atoms with Gasteiger partial charge in [-0.3, -0.25) is 0 Å². The molecule has 0 radical (unpaired) electrons. The van der Waals surface area contributed by atoms with Crippen molar-refractivity contribution in [3.05, 3.63) is 23.4 Å². The molecule has 0 amide bonds. The van der Waals surface area contributed by atoms with Crippen LogP contribution in [0.4, 0.5) is 10.2 Å². The molecule has 1 aromatic rings. The maximum absolute atomic E-state index is 14.2. The fourth-order valence-corrected chi connectivity index (χ4v) is 1.86. The molecular weight excluding hydrogens is 231 g/mol. The lowest BCUT2D eigenvalue weighted by Gasteiger charge is -2.29. The van der Waals surface area contributed by atoms with Gasteiger partial charge >= 0.3 is 0 Å². The number of hydrogen-bond donors (Lipinski definition) is 1. The molecule has 1 saturated heterocycles. The van der Waals surface area contributed by atoms with E-state index in [2.05, 4.69) is 10.3 Å². The van der Waals surface area contributed by atoms with Crippen molar-refractivity contribution in [2.24, 2.45) is 0 Å². The Kier molecular flexibility index (Phi) is 3.61. The van der Waals surface area contributed by atoms with Gasteiger partial charge in [-0.25, -0.2) is 9.37 Å². The van der Waals surface area contributed by atoms with Gasteiger partial charge in [0.25, 0.3) is 0 Å². The lowest BCUT2D eigenvalue weighted by atomic mass is 9.96. The van der Waals surface area contributed by atoms with Crippen molar-refractivity contribution in [1.29, 1.82) is 0 Å². The molecule has 0 atom stereocenters. The largest absolute Gasteiger partial charge is 0.381 e. The molecule has 0 saturated carbocycles. The summed E-state index contributed by atoms with van der Waals surface area (Å²) in [4.78, 5) is 4.05. The highest BCUT2D eigenvalue weighted by atomic mass is 35.5. The van der Waals surface area contributed by atoms with E-state index in [4.69, 9.17) is 16.3 Å². The highest BCUT2D eigenvalue weighted by Crippen LogP contribution is 2.26. The molecule has 1 aliphatic heterocycles. The Bertz CT molecular complexity index is 356. The first-order chi connectivity index (χ1) is 7.70. The number of ether oxygens (including phenoxy) is 1. The van der Waals surface area contributed by atoms with E-state index >= 15 is 0 Å². The topological polar surface area (TPSA) is 34.2 Å². The standard InChI is InChI=1S/C11H14ClFN2O/c12-9-2-1-5-14-10(9)15-8-11(13)3-6-16-7-4-11/h1-2,5H,3-4,6-8H2,(H,14,15). The summed E-state index contributed by atoms with van der Waals surface area (Å²) in [7, 11) is 0. The van der Waals surface area contributed by atoms with Crippen molar-refractivity contribution in [2.75, 3.05) is 25.1 Å². The number of hydrogen-bond acceptors (Lipinski definition) is 3. The van der Waals surface area contributed by atoms with Gasteiger partial charge in [-0.15, -0.1) is 0 Å². The summed E-state index contributed by atoms with van der Waals surface area (Å²) in [5, 5.41) is 3.46. The number of aromatic nitrogens is 1. The summed E-state index contributed by atoms with van der Waals surface area (Å²) >= 11 is 5.92. The Hall–Kier alpha value is -0.870. The second-order valence-corrected chi connectivity index (χ2v) is 4.36. The number of nitrogens with one attached hydrogen (secondary N) is 1. The van der Waals surface area contributed by atoms with Gasteiger partial charge < -0.3 is 10.1 Å². The first-order valence-corrected chi connectivity index (χ1v) is 5.68. The zero-order valence-corrected chi connectivity index (χ0v) is 9.63. The van der Waals surface area contributed by atoms with E-state index in [1.54, 1.807) is 18.3 Å². The van der Waals surface area contributed by atoms with Gasteiger partial charge in [0.05, 0.1) is 11.6 Å². The van der Waals surface area contributed by atoms with Crippen molar-refractivity contribution in [1.82, 2.24) is 4.98 Å². The molecule has 1 N–H and O–H groups in total. The van der Waals surface area contributed by atoms with Crippen LogP contribution in [0.2, 0.25) is 5.02 Å². The lowest BCUT2D eigenvalue weighted by Crippen LogP contribution is -2.38. The third-order valence-electron chi connectivity index (χ3n) is 2.72. The van der Waals surface area contributed by atoms with Gasteiger partial charge in [-0.1, -0.05) is 11.6 Å². The van der Waals surface area contributed by atoms with Crippen LogP contribution in [-0.4, -0.2) is 30.4 Å². The molecule has 1 aliphatic rings. The molecule has 3 nitrogen and oxygen atoms in total. The van der Waals surface area contributed by atoms with Crippen LogP contribution in [-0.2, 0) is 4.74 Å². The SMILES string of the molecule is FC1(CNc2ncccc2Cl)CCOCC1. The van der Waals surface area contributed by atoms with Gasteiger partial charge in [0, 0.05) is 32.3 Å². The van der Waals surface area contributed by atoms with E-state index in [0.29, 0.717) is 36.9 Å². The van der Waals surface area contributed by atoms with Crippen LogP contribution in [0.3, 0.4) is 0 Å². The van der Waals surface area contributed by atoms with E-state index in [9.17, 15) is 4.39 Å². The Morgan fingerprint density at radius 1 is 1.50 bits per heavy atom. The first-order valence-electron chi connectivity index (χ1n) is 5.31. The smallest absolute Gasteiger partial charge is 0.144 e. The Morgan fingerprint density at radius 3 is 2.94 bits per heavy atom. The number of nitrogens with zero attached hydrogens (tertiary/aromatic N) is 1. The van der Waals surface area contributed by atoms with E-state index in [1.807, 2.05) is 0 Å². The van der Waals surface area contributed by atoms with Gasteiger partial charge in [0.2, 0.25) is 0 Å². The molecule has 0 bridgehead atoms. The number of rotatable bonds is 3. The molecule has 0 spiro atoms. The van der Waals surface area contributed by atoms with E-state index in [-0.39, 0.29) is 6.54 Å². The number of pyridine rings is 1. The van der Waals surface area contributed by atoms with Crippen molar-refractivity contribution < 1.29 is 9.13 Å².